The first kappa shape index (κ1) is 19.2. The highest BCUT2D eigenvalue weighted by molar-refractivity contribution is 14.0. The number of aliphatic imine (C=N–C) groups is 1. The van der Waals surface area contributed by atoms with Gasteiger partial charge in [-0.3, -0.25) is 4.99 Å². The van der Waals surface area contributed by atoms with Crippen LogP contribution in [0.3, 0.4) is 0 Å². The molecule has 0 unspecified atom stereocenters. The fourth-order valence-corrected chi connectivity index (χ4v) is 1.83. The highest BCUT2D eigenvalue weighted by Gasteiger charge is 2.21. The smallest absolute Gasteiger partial charge is 0.191 e. The predicted molar refractivity (Wildman–Crippen MR) is 99.1 cm³/mol. The fourth-order valence-electron chi connectivity index (χ4n) is 1.83. The lowest BCUT2D eigenvalue weighted by molar-refractivity contribution is 0.476. The molecule has 0 fully saturated rings. The van der Waals surface area contributed by atoms with Crippen molar-refractivity contribution < 1.29 is 0 Å². The Balaban J connectivity index is 0.00000361. The molecular formula is C16H28IN3. The molecule has 1 aromatic carbocycles. The molecule has 0 saturated heterocycles. The fraction of sp³-hybridized carbons (Fsp3) is 0.562. The van der Waals surface area contributed by atoms with E-state index in [9.17, 15) is 0 Å². The number of rotatable bonds is 3. The average molecular weight is 389 g/mol. The van der Waals surface area contributed by atoms with Crippen molar-refractivity contribution in [3.05, 3.63) is 35.9 Å². The van der Waals surface area contributed by atoms with E-state index in [1.807, 2.05) is 6.07 Å². The van der Waals surface area contributed by atoms with E-state index in [-0.39, 0.29) is 34.9 Å². The zero-order chi connectivity index (χ0) is 14.5. The van der Waals surface area contributed by atoms with Gasteiger partial charge in [0, 0.05) is 24.5 Å². The van der Waals surface area contributed by atoms with Gasteiger partial charge in [-0.25, -0.2) is 0 Å². The molecule has 3 nitrogen and oxygen atoms in total. The molecule has 2 N–H and O–H groups in total. The molecule has 0 amide bonds. The van der Waals surface area contributed by atoms with Gasteiger partial charge in [0.05, 0.1) is 0 Å². The van der Waals surface area contributed by atoms with Gasteiger partial charge in [-0.15, -0.1) is 24.0 Å². The van der Waals surface area contributed by atoms with E-state index in [1.165, 1.54) is 5.56 Å². The number of hydrogen-bond acceptors (Lipinski definition) is 1. The maximum absolute atomic E-state index is 4.26. The minimum absolute atomic E-state index is 0. The lowest BCUT2D eigenvalue weighted by atomic mass is 9.85. The summed E-state index contributed by atoms with van der Waals surface area (Å²) in [5.74, 6) is 0.844. The third-order valence-electron chi connectivity index (χ3n) is 2.97. The SMILES string of the molecule is CN=C(NCC(C)(C)c1ccccc1)NC(C)(C)C.I. The van der Waals surface area contributed by atoms with Gasteiger partial charge in [0.15, 0.2) is 5.96 Å². The Kier molecular flexibility index (Phi) is 7.55. The number of nitrogens with one attached hydrogen (secondary N) is 2. The summed E-state index contributed by atoms with van der Waals surface area (Å²) in [5, 5.41) is 6.77. The molecule has 0 atom stereocenters. The van der Waals surface area contributed by atoms with Crippen molar-refractivity contribution in [2.75, 3.05) is 13.6 Å². The van der Waals surface area contributed by atoms with E-state index in [2.05, 4.69) is 74.5 Å². The number of benzene rings is 1. The number of halogens is 1. The van der Waals surface area contributed by atoms with Crippen LogP contribution in [0.25, 0.3) is 0 Å². The average Bonchev–Trinajstić information content (AvgIpc) is 2.34. The minimum Gasteiger partial charge on any atom is -0.356 e. The van der Waals surface area contributed by atoms with Crippen LogP contribution in [0, 0.1) is 0 Å². The first-order valence-electron chi connectivity index (χ1n) is 6.79. The molecular weight excluding hydrogens is 361 g/mol. The Morgan fingerprint density at radius 1 is 1.05 bits per heavy atom. The molecule has 0 aliphatic carbocycles. The van der Waals surface area contributed by atoms with Crippen molar-refractivity contribution in [3.63, 3.8) is 0 Å². The monoisotopic (exact) mass is 389 g/mol. The molecule has 20 heavy (non-hydrogen) atoms. The van der Waals surface area contributed by atoms with E-state index < -0.39 is 0 Å². The van der Waals surface area contributed by atoms with Crippen molar-refractivity contribution >= 4 is 29.9 Å². The summed E-state index contributed by atoms with van der Waals surface area (Å²) >= 11 is 0. The third kappa shape index (κ3) is 6.59. The standard InChI is InChI=1S/C16H27N3.HI/c1-15(2,3)19-14(17-6)18-12-16(4,5)13-10-8-7-9-11-13;/h7-11H,12H2,1-6H3,(H2,17,18,19);1H. The summed E-state index contributed by atoms with van der Waals surface area (Å²) in [7, 11) is 1.80. The summed E-state index contributed by atoms with van der Waals surface area (Å²) in [4.78, 5) is 4.26. The summed E-state index contributed by atoms with van der Waals surface area (Å²) in [5.41, 5.74) is 1.41. The van der Waals surface area contributed by atoms with E-state index in [4.69, 9.17) is 0 Å². The topological polar surface area (TPSA) is 36.4 Å². The van der Waals surface area contributed by atoms with Crippen LogP contribution in [0.5, 0.6) is 0 Å². The zero-order valence-electron chi connectivity index (χ0n) is 13.4. The van der Waals surface area contributed by atoms with Crippen LogP contribution in [-0.4, -0.2) is 25.1 Å². The van der Waals surface area contributed by atoms with Crippen LogP contribution in [0.4, 0.5) is 0 Å². The molecule has 1 rings (SSSR count). The molecule has 0 bridgehead atoms. The lowest BCUT2D eigenvalue weighted by Crippen LogP contribution is -2.50. The van der Waals surface area contributed by atoms with Crippen molar-refractivity contribution in [1.29, 1.82) is 0 Å². The van der Waals surface area contributed by atoms with Crippen molar-refractivity contribution in [2.24, 2.45) is 4.99 Å². The van der Waals surface area contributed by atoms with E-state index in [0.717, 1.165) is 12.5 Å². The second-order valence-electron chi connectivity index (χ2n) is 6.55. The Morgan fingerprint density at radius 2 is 1.60 bits per heavy atom. The molecule has 0 heterocycles. The molecule has 1 aromatic rings. The molecule has 0 radical (unpaired) electrons. The Labute approximate surface area is 140 Å². The molecule has 4 heteroatoms. The van der Waals surface area contributed by atoms with Gasteiger partial charge in [-0.2, -0.15) is 0 Å². The first-order chi connectivity index (χ1) is 8.74. The molecule has 0 saturated carbocycles. The maximum atomic E-state index is 4.26. The van der Waals surface area contributed by atoms with Gasteiger partial charge in [0.2, 0.25) is 0 Å². The molecule has 0 aliphatic rings. The van der Waals surface area contributed by atoms with E-state index >= 15 is 0 Å². The first-order valence-corrected chi connectivity index (χ1v) is 6.79. The quantitative estimate of drug-likeness (QED) is 0.471. The maximum Gasteiger partial charge on any atom is 0.191 e. The summed E-state index contributed by atoms with van der Waals surface area (Å²) in [6.45, 7) is 11.7. The van der Waals surface area contributed by atoms with Crippen LogP contribution in [0.15, 0.2) is 35.3 Å². The lowest BCUT2D eigenvalue weighted by Gasteiger charge is -2.29. The van der Waals surface area contributed by atoms with Crippen LogP contribution >= 0.6 is 24.0 Å². The van der Waals surface area contributed by atoms with Crippen molar-refractivity contribution in [3.8, 4) is 0 Å². The van der Waals surface area contributed by atoms with Gasteiger partial charge < -0.3 is 10.6 Å². The van der Waals surface area contributed by atoms with Crippen LogP contribution < -0.4 is 10.6 Å². The molecule has 0 aliphatic heterocycles. The van der Waals surface area contributed by atoms with E-state index in [1.54, 1.807) is 7.05 Å². The highest BCUT2D eigenvalue weighted by Crippen LogP contribution is 2.21. The van der Waals surface area contributed by atoms with Gasteiger partial charge in [0.25, 0.3) is 0 Å². The minimum atomic E-state index is 0. The summed E-state index contributed by atoms with van der Waals surface area (Å²) in [6, 6.07) is 10.6. The zero-order valence-corrected chi connectivity index (χ0v) is 15.8. The Hall–Kier alpha value is -0.780. The number of nitrogens with zero attached hydrogens (tertiary/aromatic N) is 1. The normalized spacial score (nSPS) is 12.6. The molecule has 0 aromatic heterocycles. The number of guanidine groups is 1. The Bertz CT molecular complexity index is 419. The van der Waals surface area contributed by atoms with E-state index in [0.29, 0.717) is 0 Å². The third-order valence-corrected chi connectivity index (χ3v) is 2.97. The van der Waals surface area contributed by atoms with Crippen LogP contribution in [-0.2, 0) is 5.41 Å². The highest BCUT2D eigenvalue weighted by atomic mass is 127. The van der Waals surface area contributed by atoms with Gasteiger partial charge in [-0.05, 0) is 26.3 Å². The number of hydrogen-bond donors (Lipinski definition) is 2. The van der Waals surface area contributed by atoms with Crippen molar-refractivity contribution in [2.45, 2.75) is 45.6 Å². The predicted octanol–water partition coefficient (Wildman–Crippen LogP) is 3.55. The van der Waals surface area contributed by atoms with Gasteiger partial charge >= 0.3 is 0 Å². The van der Waals surface area contributed by atoms with Crippen LogP contribution in [0.1, 0.15) is 40.2 Å². The Morgan fingerprint density at radius 3 is 2.05 bits per heavy atom. The second-order valence-corrected chi connectivity index (χ2v) is 6.55. The summed E-state index contributed by atoms with van der Waals surface area (Å²) in [6.07, 6.45) is 0. The second kappa shape index (κ2) is 7.86. The van der Waals surface area contributed by atoms with Crippen LogP contribution in [0.2, 0.25) is 0 Å². The largest absolute Gasteiger partial charge is 0.356 e. The molecule has 0 spiro atoms. The summed E-state index contributed by atoms with van der Waals surface area (Å²) < 4.78 is 0. The van der Waals surface area contributed by atoms with Gasteiger partial charge in [0.1, 0.15) is 0 Å². The van der Waals surface area contributed by atoms with Gasteiger partial charge in [-0.1, -0.05) is 44.2 Å². The molecule has 114 valence electrons. The van der Waals surface area contributed by atoms with Crippen molar-refractivity contribution in [1.82, 2.24) is 10.6 Å².